The quantitative estimate of drug-likeness (QED) is 0.656. The van der Waals surface area contributed by atoms with Gasteiger partial charge in [-0.15, -0.1) is 0 Å². The molecule has 2 amide bonds. The molecule has 0 aromatic heterocycles. The van der Waals surface area contributed by atoms with Crippen LogP contribution in [0.2, 0.25) is 0 Å². The first kappa shape index (κ1) is 18.2. The number of nitrogens with one attached hydrogen (secondary N) is 2. The van der Waals surface area contributed by atoms with Crippen LogP contribution >= 0.6 is 0 Å². The Morgan fingerprint density at radius 1 is 0.913 bits per heavy atom. The maximum Gasteiger partial charge on any atom is 0.223 e. The number of hydrogen-bond donors (Lipinski definition) is 3. The molecule has 23 heavy (non-hydrogen) atoms. The predicted octanol–water partition coefficient (Wildman–Crippen LogP) is 2.27. The molecule has 0 atom stereocenters. The molecule has 0 aliphatic heterocycles. The van der Waals surface area contributed by atoms with E-state index in [1.54, 1.807) is 0 Å². The van der Waals surface area contributed by atoms with Crippen molar-refractivity contribution in [1.82, 2.24) is 10.6 Å². The molecular weight excluding hydrogens is 292 g/mol. The van der Waals surface area contributed by atoms with Gasteiger partial charge < -0.3 is 15.7 Å². The minimum atomic E-state index is -0.739. The van der Waals surface area contributed by atoms with Gasteiger partial charge in [-0.2, -0.15) is 0 Å². The summed E-state index contributed by atoms with van der Waals surface area (Å²) in [7, 11) is 0. The number of rotatable bonds is 6. The topological polar surface area (TPSA) is 78.4 Å². The Morgan fingerprint density at radius 3 is 2.17 bits per heavy atom. The Kier molecular flexibility index (Phi) is 7.34. The second kappa shape index (κ2) is 9.26. The largest absolute Gasteiger partial charge is 0.388 e. The average molecular weight is 324 g/mol. The Hall–Kier alpha value is -1.10. The zero-order valence-corrected chi connectivity index (χ0v) is 14.2. The molecule has 0 radical (unpaired) electrons. The zero-order chi connectivity index (χ0) is 16.5. The smallest absolute Gasteiger partial charge is 0.223 e. The van der Waals surface area contributed by atoms with Crippen LogP contribution in [0.25, 0.3) is 0 Å². The molecule has 0 heterocycles. The SMILES string of the molecule is O=C(CCNC(=O)C1CCCCC1)NCC1(O)CCCCCC1. The highest BCUT2D eigenvalue weighted by Gasteiger charge is 2.28. The molecule has 0 unspecified atom stereocenters. The molecule has 3 N–H and O–H groups in total. The van der Waals surface area contributed by atoms with Crippen LogP contribution in [0, 0.1) is 5.92 Å². The Labute approximate surface area is 139 Å². The standard InChI is InChI=1S/C18H32N2O3/c21-16(20-14-18(23)11-6-1-2-7-12-18)10-13-19-17(22)15-8-4-3-5-9-15/h15,23H,1-14H2,(H,19,22)(H,20,21). The molecule has 0 spiro atoms. The van der Waals surface area contributed by atoms with Crippen molar-refractivity contribution in [2.45, 2.75) is 82.7 Å². The highest BCUT2D eigenvalue weighted by molar-refractivity contribution is 5.80. The highest BCUT2D eigenvalue weighted by atomic mass is 16.3. The lowest BCUT2D eigenvalue weighted by molar-refractivity contribution is -0.126. The first-order valence-electron chi connectivity index (χ1n) is 9.36. The lowest BCUT2D eigenvalue weighted by Crippen LogP contribution is -2.43. The third-order valence-corrected chi connectivity index (χ3v) is 5.28. The van der Waals surface area contributed by atoms with Gasteiger partial charge in [-0.1, -0.05) is 44.9 Å². The normalized spacial score (nSPS) is 22.1. The first-order chi connectivity index (χ1) is 11.1. The summed E-state index contributed by atoms with van der Waals surface area (Å²) in [5.41, 5.74) is -0.739. The number of hydrogen-bond acceptors (Lipinski definition) is 3. The van der Waals surface area contributed by atoms with Gasteiger partial charge in [0.25, 0.3) is 0 Å². The molecule has 2 saturated carbocycles. The number of aliphatic hydroxyl groups is 1. The third kappa shape index (κ3) is 6.50. The molecule has 2 rings (SSSR count). The van der Waals surface area contributed by atoms with Gasteiger partial charge in [0.05, 0.1) is 5.60 Å². The van der Waals surface area contributed by atoms with Crippen LogP contribution in [-0.4, -0.2) is 35.6 Å². The van der Waals surface area contributed by atoms with E-state index in [2.05, 4.69) is 10.6 Å². The van der Waals surface area contributed by atoms with Crippen LogP contribution in [-0.2, 0) is 9.59 Å². The second-order valence-corrected chi connectivity index (χ2v) is 7.29. The van der Waals surface area contributed by atoms with Gasteiger partial charge in [0.15, 0.2) is 0 Å². The van der Waals surface area contributed by atoms with E-state index >= 15 is 0 Å². The van der Waals surface area contributed by atoms with E-state index < -0.39 is 5.60 Å². The van der Waals surface area contributed by atoms with Crippen molar-refractivity contribution in [3.05, 3.63) is 0 Å². The van der Waals surface area contributed by atoms with E-state index in [9.17, 15) is 14.7 Å². The number of carbonyl (C=O) groups excluding carboxylic acids is 2. The van der Waals surface area contributed by atoms with E-state index in [0.717, 1.165) is 51.4 Å². The van der Waals surface area contributed by atoms with E-state index in [4.69, 9.17) is 0 Å². The molecule has 0 saturated heterocycles. The fraction of sp³-hybridized carbons (Fsp3) is 0.889. The van der Waals surface area contributed by atoms with Crippen molar-refractivity contribution in [3.8, 4) is 0 Å². The van der Waals surface area contributed by atoms with E-state index in [0.29, 0.717) is 13.1 Å². The van der Waals surface area contributed by atoms with Crippen molar-refractivity contribution in [3.63, 3.8) is 0 Å². The molecule has 0 bridgehead atoms. The minimum absolute atomic E-state index is 0.0911. The molecule has 132 valence electrons. The van der Waals surface area contributed by atoms with E-state index in [-0.39, 0.29) is 24.2 Å². The Morgan fingerprint density at radius 2 is 1.52 bits per heavy atom. The van der Waals surface area contributed by atoms with Gasteiger partial charge in [-0.05, 0) is 25.7 Å². The lowest BCUT2D eigenvalue weighted by atomic mass is 9.89. The lowest BCUT2D eigenvalue weighted by Gasteiger charge is -2.26. The van der Waals surface area contributed by atoms with Crippen molar-refractivity contribution in [1.29, 1.82) is 0 Å². The summed E-state index contributed by atoms with van der Waals surface area (Å²) in [6.45, 7) is 0.724. The zero-order valence-electron chi connectivity index (χ0n) is 14.2. The van der Waals surface area contributed by atoms with E-state index in [1.807, 2.05) is 0 Å². The van der Waals surface area contributed by atoms with Crippen LogP contribution in [0.15, 0.2) is 0 Å². The number of amides is 2. The minimum Gasteiger partial charge on any atom is -0.388 e. The maximum atomic E-state index is 12.0. The Balaban J connectivity index is 1.60. The van der Waals surface area contributed by atoms with Gasteiger partial charge in [0, 0.05) is 25.4 Å². The van der Waals surface area contributed by atoms with Crippen molar-refractivity contribution in [2.24, 2.45) is 5.92 Å². The highest BCUT2D eigenvalue weighted by Crippen LogP contribution is 2.26. The molecule has 2 aliphatic carbocycles. The maximum absolute atomic E-state index is 12.0. The third-order valence-electron chi connectivity index (χ3n) is 5.28. The fourth-order valence-electron chi connectivity index (χ4n) is 3.72. The van der Waals surface area contributed by atoms with Crippen molar-refractivity contribution in [2.75, 3.05) is 13.1 Å². The summed E-state index contributed by atoms with van der Waals surface area (Å²) in [6, 6.07) is 0. The summed E-state index contributed by atoms with van der Waals surface area (Å²) in [5, 5.41) is 16.2. The Bertz CT molecular complexity index is 384. The van der Waals surface area contributed by atoms with E-state index in [1.165, 1.54) is 19.3 Å². The molecule has 5 nitrogen and oxygen atoms in total. The second-order valence-electron chi connectivity index (χ2n) is 7.29. The van der Waals surface area contributed by atoms with Crippen LogP contribution in [0.5, 0.6) is 0 Å². The summed E-state index contributed by atoms with van der Waals surface area (Å²) >= 11 is 0. The molecule has 2 aliphatic rings. The molecule has 2 fully saturated rings. The van der Waals surface area contributed by atoms with Gasteiger partial charge in [0.2, 0.25) is 11.8 Å². The first-order valence-corrected chi connectivity index (χ1v) is 9.36. The van der Waals surface area contributed by atoms with Crippen LogP contribution < -0.4 is 10.6 Å². The fourth-order valence-corrected chi connectivity index (χ4v) is 3.72. The van der Waals surface area contributed by atoms with Crippen molar-refractivity contribution < 1.29 is 14.7 Å². The van der Waals surface area contributed by atoms with Gasteiger partial charge >= 0.3 is 0 Å². The van der Waals surface area contributed by atoms with Crippen LogP contribution in [0.3, 0.4) is 0 Å². The molecule has 0 aromatic rings. The predicted molar refractivity (Wildman–Crippen MR) is 89.9 cm³/mol. The summed E-state index contributed by atoms with van der Waals surface area (Å²) in [4.78, 5) is 23.9. The average Bonchev–Trinajstić information content (AvgIpc) is 2.79. The summed E-state index contributed by atoms with van der Waals surface area (Å²) < 4.78 is 0. The molecular formula is C18H32N2O3. The van der Waals surface area contributed by atoms with Crippen molar-refractivity contribution >= 4 is 11.8 Å². The van der Waals surface area contributed by atoms with Gasteiger partial charge in [0.1, 0.15) is 0 Å². The van der Waals surface area contributed by atoms with Crippen LogP contribution in [0.4, 0.5) is 0 Å². The molecule has 0 aromatic carbocycles. The number of carbonyl (C=O) groups is 2. The van der Waals surface area contributed by atoms with Gasteiger partial charge in [-0.3, -0.25) is 9.59 Å². The summed E-state index contributed by atoms with van der Waals surface area (Å²) in [5.74, 6) is 0.144. The van der Waals surface area contributed by atoms with Gasteiger partial charge in [-0.25, -0.2) is 0 Å². The van der Waals surface area contributed by atoms with Crippen LogP contribution in [0.1, 0.15) is 77.0 Å². The monoisotopic (exact) mass is 324 g/mol. The molecule has 5 heteroatoms. The summed E-state index contributed by atoms with van der Waals surface area (Å²) in [6.07, 6.45) is 11.7.